The molecular formula is C17H11Cl3N4. The highest BCUT2D eigenvalue weighted by atomic mass is 35.5. The summed E-state index contributed by atoms with van der Waals surface area (Å²) in [5, 5.41) is 9.46. The standard InChI is InChI=1S/C17H11Cl3N4/c18-11-3-1-10(2-4-11)15-8-16(24-17(23-15)21-9-22-24)13-6-5-12(19)7-14(13)20/h1-9,16H,(H,21,22,23). The zero-order valence-corrected chi connectivity index (χ0v) is 14.5. The number of hydrogen-bond donors (Lipinski definition) is 1. The Bertz CT molecular complexity index is 931. The number of benzene rings is 2. The number of allylic oxidation sites excluding steroid dienone is 1. The van der Waals surface area contributed by atoms with Gasteiger partial charge in [0.15, 0.2) is 0 Å². The molecule has 2 heterocycles. The summed E-state index contributed by atoms with van der Waals surface area (Å²) in [6, 6.07) is 12.9. The number of rotatable bonds is 2. The summed E-state index contributed by atoms with van der Waals surface area (Å²) < 4.78 is 1.79. The summed E-state index contributed by atoms with van der Waals surface area (Å²) in [4.78, 5) is 4.28. The third kappa shape index (κ3) is 2.77. The van der Waals surface area contributed by atoms with Crippen LogP contribution in [0.3, 0.4) is 0 Å². The first-order chi connectivity index (χ1) is 11.6. The molecule has 0 bridgehead atoms. The Morgan fingerprint density at radius 1 is 0.958 bits per heavy atom. The van der Waals surface area contributed by atoms with Gasteiger partial charge < -0.3 is 5.32 Å². The molecule has 7 heteroatoms. The molecule has 1 aromatic heterocycles. The van der Waals surface area contributed by atoms with Gasteiger partial charge in [-0.2, -0.15) is 10.1 Å². The Hall–Kier alpha value is -2.01. The number of nitrogens with zero attached hydrogens (tertiary/aromatic N) is 3. The molecule has 0 saturated heterocycles. The fourth-order valence-corrected chi connectivity index (χ4v) is 3.34. The summed E-state index contributed by atoms with van der Waals surface area (Å²) in [6.45, 7) is 0. The first kappa shape index (κ1) is 15.5. The zero-order chi connectivity index (χ0) is 16.7. The van der Waals surface area contributed by atoms with Gasteiger partial charge in [0.25, 0.3) is 0 Å². The highest BCUT2D eigenvalue weighted by Crippen LogP contribution is 2.36. The Morgan fingerprint density at radius 2 is 1.71 bits per heavy atom. The second kappa shape index (κ2) is 6.13. The maximum Gasteiger partial charge on any atom is 0.226 e. The molecule has 4 nitrogen and oxygen atoms in total. The monoisotopic (exact) mass is 376 g/mol. The molecule has 24 heavy (non-hydrogen) atoms. The predicted octanol–water partition coefficient (Wildman–Crippen LogP) is 5.29. The van der Waals surface area contributed by atoms with Crippen molar-refractivity contribution < 1.29 is 0 Å². The van der Waals surface area contributed by atoms with E-state index in [1.807, 2.05) is 36.4 Å². The molecular weight excluding hydrogens is 367 g/mol. The summed E-state index contributed by atoms with van der Waals surface area (Å²) in [7, 11) is 0. The summed E-state index contributed by atoms with van der Waals surface area (Å²) in [5.74, 6) is 0.651. The molecule has 1 aliphatic heterocycles. The summed E-state index contributed by atoms with van der Waals surface area (Å²) in [6.07, 6.45) is 3.57. The van der Waals surface area contributed by atoms with Gasteiger partial charge in [0.05, 0.1) is 0 Å². The van der Waals surface area contributed by atoms with E-state index in [-0.39, 0.29) is 6.04 Å². The van der Waals surface area contributed by atoms with Crippen LogP contribution in [0.4, 0.5) is 5.95 Å². The van der Waals surface area contributed by atoms with Crippen molar-refractivity contribution in [1.29, 1.82) is 0 Å². The van der Waals surface area contributed by atoms with Gasteiger partial charge in [-0.25, -0.2) is 4.68 Å². The third-order valence-corrected chi connectivity index (χ3v) is 4.66. The molecule has 0 radical (unpaired) electrons. The summed E-state index contributed by atoms with van der Waals surface area (Å²) in [5.41, 5.74) is 2.83. The quantitative estimate of drug-likeness (QED) is 0.659. The predicted molar refractivity (Wildman–Crippen MR) is 97.7 cm³/mol. The van der Waals surface area contributed by atoms with Gasteiger partial charge in [-0.1, -0.05) is 53.0 Å². The van der Waals surface area contributed by atoms with E-state index in [2.05, 4.69) is 21.5 Å². The number of nitrogens with one attached hydrogen (secondary N) is 1. The van der Waals surface area contributed by atoms with Gasteiger partial charge >= 0.3 is 0 Å². The smallest absolute Gasteiger partial charge is 0.226 e. The number of fused-ring (bicyclic) bond motifs is 1. The van der Waals surface area contributed by atoms with Crippen LogP contribution < -0.4 is 5.32 Å². The lowest BCUT2D eigenvalue weighted by Crippen LogP contribution is -2.20. The second-order valence-corrected chi connectivity index (χ2v) is 6.63. The van der Waals surface area contributed by atoms with E-state index in [4.69, 9.17) is 34.8 Å². The minimum Gasteiger partial charge on any atom is -0.324 e. The maximum atomic E-state index is 6.40. The van der Waals surface area contributed by atoms with E-state index in [1.165, 1.54) is 6.33 Å². The van der Waals surface area contributed by atoms with E-state index < -0.39 is 0 Å². The van der Waals surface area contributed by atoms with Crippen LogP contribution in [0.1, 0.15) is 17.2 Å². The van der Waals surface area contributed by atoms with E-state index >= 15 is 0 Å². The van der Waals surface area contributed by atoms with Crippen molar-refractivity contribution in [3.05, 3.63) is 81.1 Å². The largest absolute Gasteiger partial charge is 0.324 e. The van der Waals surface area contributed by atoms with Gasteiger partial charge in [0, 0.05) is 20.8 Å². The minimum absolute atomic E-state index is 0.181. The van der Waals surface area contributed by atoms with Gasteiger partial charge in [-0.05, 0) is 41.5 Å². The van der Waals surface area contributed by atoms with Crippen molar-refractivity contribution >= 4 is 46.4 Å². The second-order valence-electron chi connectivity index (χ2n) is 5.35. The molecule has 0 aliphatic carbocycles. The molecule has 1 N–H and O–H groups in total. The van der Waals surface area contributed by atoms with Crippen LogP contribution in [-0.2, 0) is 0 Å². The molecule has 120 valence electrons. The third-order valence-electron chi connectivity index (χ3n) is 3.84. The highest BCUT2D eigenvalue weighted by Gasteiger charge is 2.25. The molecule has 2 aromatic carbocycles. The van der Waals surface area contributed by atoms with Crippen molar-refractivity contribution in [2.75, 3.05) is 5.32 Å². The van der Waals surface area contributed by atoms with Crippen LogP contribution in [0.25, 0.3) is 5.70 Å². The van der Waals surface area contributed by atoms with Crippen LogP contribution in [0.2, 0.25) is 15.1 Å². The van der Waals surface area contributed by atoms with Crippen molar-refractivity contribution in [2.24, 2.45) is 0 Å². The maximum absolute atomic E-state index is 6.40. The normalized spacial score (nSPS) is 16.3. The Balaban J connectivity index is 1.83. The van der Waals surface area contributed by atoms with Gasteiger partial charge in [-0.3, -0.25) is 0 Å². The first-order valence-electron chi connectivity index (χ1n) is 7.21. The van der Waals surface area contributed by atoms with Gasteiger partial charge in [0.1, 0.15) is 12.4 Å². The van der Waals surface area contributed by atoms with Crippen LogP contribution in [0, 0.1) is 0 Å². The highest BCUT2D eigenvalue weighted by molar-refractivity contribution is 6.35. The van der Waals surface area contributed by atoms with E-state index in [0.717, 1.165) is 16.8 Å². The number of aromatic nitrogens is 3. The van der Waals surface area contributed by atoms with E-state index in [1.54, 1.807) is 10.7 Å². The minimum atomic E-state index is -0.181. The lowest BCUT2D eigenvalue weighted by Gasteiger charge is -2.25. The fourth-order valence-electron chi connectivity index (χ4n) is 2.69. The summed E-state index contributed by atoms with van der Waals surface area (Å²) >= 11 is 18.4. The Kier molecular flexibility index (Phi) is 3.96. The molecule has 3 aromatic rings. The molecule has 1 atom stereocenters. The Morgan fingerprint density at radius 3 is 2.46 bits per heavy atom. The lowest BCUT2D eigenvalue weighted by atomic mass is 10.0. The van der Waals surface area contributed by atoms with Crippen LogP contribution in [0.15, 0.2) is 54.9 Å². The molecule has 0 spiro atoms. The first-order valence-corrected chi connectivity index (χ1v) is 8.34. The van der Waals surface area contributed by atoms with Gasteiger partial charge in [-0.15, -0.1) is 0 Å². The van der Waals surface area contributed by atoms with Gasteiger partial charge in [0.2, 0.25) is 5.95 Å². The van der Waals surface area contributed by atoms with E-state index in [0.29, 0.717) is 21.0 Å². The van der Waals surface area contributed by atoms with Crippen LogP contribution in [0.5, 0.6) is 0 Å². The molecule has 1 unspecified atom stereocenters. The van der Waals surface area contributed by atoms with Crippen molar-refractivity contribution in [3.63, 3.8) is 0 Å². The Labute approximate surface area is 153 Å². The molecule has 0 saturated carbocycles. The fraction of sp³-hybridized carbons (Fsp3) is 0.0588. The van der Waals surface area contributed by atoms with Crippen molar-refractivity contribution in [2.45, 2.75) is 6.04 Å². The van der Waals surface area contributed by atoms with Crippen molar-refractivity contribution in [3.8, 4) is 0 Å². The number of halogens is 3. The molecule has 1 aliphatic rings. The van der Waals surface area contributed by atoms with Crippen molar-refractivity contribution in [1.82, 2.24) is 14.8 Å². The molecule has 4 rings (SSSR count). The number of hydrogen-bond acceptors (Lipinski definition) is 3. The SMILES string of the molecule is Clc1ccc(C2=CC(c3ccc(Cl)cc3Cl)n3ncnc3N2)cc1. The molecule has 0 fully saturated rings. The lowest BCUT2D eigenvalue weighted by molar-refractivity contribution is 0.612. The zero-order valence-electron chi connectivity index (χ0n) is 12.2. The average molecular weight is 378 g/mol. The molecule has 0 amide bonds. The van der Waals surface area contributed by atoms with E-state index in [9.17, 15) is 0 Å². The number of anilines is 1. The van der Waals surface area contributed by atoms with Crippen LogP contribution in [-0.4, -0.2) is 14.8 Å². The average Bonchev–Trinajstić information content (AvgIpc) is 3.03. The van der Waals surface area contributed by atoms with Crippen LogP contribution >= 0.6 is 34.8 Å². The topological polar surface area (TPSA) is 42.7 Å².